The lowest BCUT2D eigenvalue weighted by Crippen LogP contribution is -2.23. The highest BCUT2D eigenvalue weighted by Crippen LogP contribution is 2.34. The Morgan fingerprint density at radius 3 is 2.11 bits per heavy atom. The summed E-state index contributed by atoms with van der Waals surface area (Å²) >= 11 is 0. The van der Waals surface area contributed by atoms with Crippen LogP contribution in [0.2, 0.25) is 0 Å². The van der Waals surface area contributed by atoms with Gasteiger partial charge in [0.2, 0.25) is 0 Å². The van der Waals surface area contributed by atoms with Crippen LogP contribution in [0.4, 0.5) is 26.3 Å². The number of alkyl halides is 6. The molecule has 0 saturated heterocycles. The van der Waals surface area contributed by atoms with E-state index in [9.17, 15) is 26.3 Å². The maximum Gasteiger partial charge on any atom is 0.573 e. The van der Waals surface area contributed by atoms with Crippen molar-refractivity contribution in [3.63, 3.8) is 0 Å². The molecule has 8 heteroatoms. The van der Waals surface area contributed by atoms with Crippen LogP contribution in [0.3, 0.4) is 0 Å². The fraction of sp³-hybridized carbons (Fsp3) is 0.400. The largest absolute Gasteiger partial charge is 0.573 e. The zero-order valence-electron chi connectivity index (χ0n) is 8.85. The van der Waals surface area contributed by atoms with Crippen LogP contribution in [-0.2, 0) is 0 Å². The molecule has 18 heavy (non-hydrogen) atoms. The molecule has 102 valence electrons. The lowest BCUT2D eigenvalue weighted by molar-refractivity contribution is -0.275. The zero-order chi connectivity index (χ0) is 14.0. The molecular formula is C10H9F6NO. The number of nitrogens with two attached hydrogens (primary N) is 1. The Morgan fingerprint density at radius 2 is 1.61 bits per heavy atom. The van der Waals surface area contributed by atoms with E-state index in [0.29, 0.717) is 0 Å². The van der Waals surface area contributed by atoms with Crippen LogP contribution in [0.5, 0.6) is 5.75 Å². The van der Waals surface area contributed by atoms with Gasteiger partial charge >= 0.3 is 12.5 Å². The molecular weight excluding hydrogens is 264 g/mol. The Labute approximate surface area is 98.3 Å². The Kier molecular flexibility index (Phi) is 4.10. The first-order valence-corrected chi connectivity index (χ1v) is 4.75. The average Bonchev–Trinajstić information content (AvgIpc) is 2.12. The lowest BCUT2D eigenvalue weighted by Gasteiger charge is -2.18. The third-order valence-corrected chi connectivity index (χ3v) is 2.00. The SMILES string of the molecule is N[C@@H](CC(F)(F)F)c1ccccc1OC(F)(F)F. The van der Waals surface area contributed by atoms with Crippen LogP contribution in [0.25, 0.3) is 0 Å². The van der Waals surface area contributed by atoms with Gasteiger partial charge in [-0.05, 0) is 6.07 Å². The molecule has 0 fully saturated rings. The highest BCUT2D eigenvalue weighted by Gasteiger charge is 2.35. The molecule has 0 bridgehead atoms. The standard InChI is InChI=1S/C10H9F6NO/c11-9(12,13)5-7(17)6-3-1-2-4-8(6)18-10(14,15)16/h1-4,7H,5,17H2/t7-/m0/s1. The quantitative estimate of drug-likeness (QED) is 0.855. The minimum atomic E-state index is -4.98. The molecule has 1 rings (SSSR count). The number of rotatable bonds is 3. The van der Waals surface area contributed by atoms with E-state index in [-0.39, 0.29) is 5.56 Å². The van der Waals surface area contributed by atoms with Gasteiger partial charge in [0.25, 0.3) is 0 Å². The van der Waals surface area contributed by atoms with E-state index in [1.807, 2.05) is 0 Å². The summed E-state index contributed by atoms with van der Waals surface area (Å²) in [5.74, 6) is -0.721. The Morgan fingerprint density at radius 1 is 1.06 bits per heavy atom. The van der Waals surface area contributed by atoms with E-state index in [1.165, 1.54) is 12.1 Å². The molecule has 0 aliphatic carbocycles. The second-order valence-corrected chi connectivity index (χ2v) is 3.51. The van der Waals surface area contributed by atoms with E-state index in [0.717, 1.165) is 12.1 Å². The summed E-state index contributed by atoms with van der Waals surface area (Å²) < 4.78 is 76.1. The van der Waals surface area contributed by atoms with Crippen LogP contribution >= 0.6 is 0 Å². The van der Waals surface area contributed by atoms with Crippen LogP contribution < -0.4 is 10.5 Å². The van der Waals surface area contributed by atoms with Crippen LogP contribution in [0.15, 0.2) is 24.3 Å². The van der Waals surface area contributed by atoms with Gasteiger partial charge in [0.05, 0.1) is 6.42 Å². The maximum absolute atomic E-state index is 12.1. The van der Waals surface area contributed by atoms with E-state index in [2.05, 4.69) is 4.74 Å². The third-order valence-electron chi connectivity index (χ3n) is 2.00. The number of ether oxygens (including phenoxy) is 1. The minimum absolute atomic E-state index is 0.341. The molecule has 2 N–H and O–H groups in total. The van der Waals surface area contributed by atoms with Crippen molar-refractivity contribution in [2.45, 2.75) is 25.0 Å². The third kappa shape index (κ3) is 4.82. The number of para-hydroxylation sites is 1. The van der Waals surface area contributed by atoms with E-state index in [4.69, 9.17) is 5.73 Å². The molecule has 0 unspecified atom stereocenters. The fourth-order valence-electron chi connectivity index (χ4n) is 1.36. The first-order chi connectivity index (χ1) is 8.08. The number of hydrogen-bond acceptors (Lipinski definition) is 2. The molecule has 0 amide bonds. The van der Waals surface area contributed by atoms with Crippen molar-refractivity contribution in [2.24, 2.45) is 5.73 Å². The Bertz CT molecular complexity index is 400. The van der Waals surface area contributed by atoms with Crippen molar-refractivity contribution in [1.29, 1.82) is 0 Å². The first-order valence-electron chi connectivity index (χ1n) is 4.75. The summed E-state index contributed by atoms with van der Waals surface area (Å²) in [6.45, 7) is 0. The van der Waals surface area contributed by atoms with Gasteiger partial charge in [-0.1, -0.05) is 18.2 Å². The molecule has 0 heterocycles. The van der Waals surface area contributed by atoms with Crippen LogP contribution in [-0.4, -0.2) is 12.5 Å². The van der Waals surface area contributed by atoms with Crippen molar-refractivity contribution >= 4 is 0 Å². The molecule has 0 aromatic heterocycles. The normalized spacial score (nSPS) is 14.4. The molecule has 0 aliphatic heterocycles. The molecule has 1 aromatic rings. The smallest absolute Gasteiger partial charge is 0.405 e. The highest BCUT2D eigenvalue weighted by atomic mass is 19.4. The second kappa shape index (κ2) is 5.05. The molecule has 0 radical (unpaired) electrons. The topological polar surface area (TPSA) is 35.2 Å². The molecule has 0 spiro atoms. The highest BCUT2D eigenvalue weighted by molar-refractivity contribution is 5.36. The predicted molar refractivity (Wildman–Crippen MR) is 50.7 cm³/mol. The first kappa shape index (κ1) is 14.6. The van der Waals surface area contributed by atoms with Crippen LogP contribution in [0, 0.1) is 0 Å². The summed E-state index contributed by atoms with van der Waals surface area (Å²) in [6.07, 6.45) is -11.0. The molecule has 2 nitrogen and oxygen atoms in total. The number of halogens is 6. The van der Waals surface area contributed by atoms with Gasteiger partial charge in [0, 0.05) is 11.6 Å². The van der Waals surface area contributed by atoms with Crippen molar-refractivity contribution in [3.05, 3.63) is 29.8 Å². The molecule has 0 saturated carbocycles. The van der Waals surface area contributed by atoms with Gasteiger partial charge in [-0.15, -0.1) is 13.2 Å². The van der Waals surface area contributed by atoms with Gasteiger partial charge in [-0.3, -0.25) is 0 Å². The summed E-state index contributed by atoms with van der Waals surface area (Å²) in [7, 11) is 0. The fourth-order valence-corrected chi connectivity index (χ4v) is 1.36. The second-order valence-electron chi connectivity index (χ2n) is 3.51. The van der Waals surface area contributed by atoms with Gasteiger partial charge in [-0.25, -0.2) is 0 Å². The van der Waals surface area contributed by atoms with E-state index < -0.39 is 30.8 Å². The predicted octanol–water partition coefficient (Wildman–Crippen LogP) is 3.54. The zero-order valence-corrected chi connectivity index (χ0v) is 8.85. The van der Waals surface area contributed by atoms with Crippen LogP contribution in [0.1, 0.15) is 18.0 Å². The number of benzene rings is 1. The Balaban J connectivity index is 2.95. The van der Waals surface area contributed by atoms with E-state index >= 15 is 0 Å². The summed E-state index contributed by atoms with van der Waals surface area (Å²) in [4.78, 5) is 0. The van der Waals surface area contributed by atoms with Crippen molar-refractivity contribution < 1.29 is 31.1 Å². The van der Waals surface area contributed by atoms with Gasteiger partial charge in [0.15, 0.2) is 0 Å². The monoisotopic (exact) mass is 273 g/mol. The average molecular weight is 273 g/mol. The van der Waals surface area contributed by atoms with Gasteiger partial charge in [0.1, 0.15) is 5.75 Å². The Hall–Kier alpha value is -1.44. The summed E-state index contributed by atoms with van der Waals surface area (Å²) in [5, 5.41) is 0. The van der Waals surface area contributed by atoms with E-state index in [1.54, 1.807) is 0 Å². The van der Waals surface area contributed by atoms with Crippen molar-refractivity contribution in [3.8, 4) is 5.75 Å². The molecule has 1 atom stereocenters. The van der Waals surface area contributed by atoms with Crippen molar-refractivity contribution in [1.82, 2.24) is 0 Å². The summed E-state index contributed by atoms with van der Waals surface area (Å²) in [6, 6.07) is 2.87. The van der Waals surface area contributed by atoms with Gasteiger partial charge < -0.3 is 10.5 Å². The van der Waals surface area contributed by atoms with Crippen molar-refractivity contribution in [2.75, 3.05) is 0 Å². The molecule has 1 aromatic carbocycles. The number of hydrogen-bond donors (Lipinski definition) is 1. The lowest BCUT2D eigenvalue weighted by atomic mass is 10.0. The molecule has 0 aliphatic rings. The summed E-state index contributed by atoms with van der Waals surface area (Å²) in [5.41, 5.74) is 4.89. The van der Waals surface area contributed by atoms with Gasteiger partial charge in [-0.2, -0.15) is 13.2 Å². The minimum Gasteiger partial charge on any atom is -0.405 e. The maximum atomic E-state index is 12.1.